The maximum atomic E-state index is 12.9. The molecule has 1 aromatic carbocycles. The van der Waals surface area contributed by atoms with Gasteiger partial charge in [-0.2, -0.15) is 18.0 Å². The lowest BCUT2D eigenvalue weighted by Crippen LogP contribution is -2.46. The molecule has 3 rings (SSSR count). The van der Waals surface area contributed by atoms with Crippen LogP contribution in [0, 0.1) is 0 Å². The first-order chi connectivity index (χ1) is 12.8. The van der Waals surface area contributed by atoms with E-state index in [0.717, 1.165) is 37.8 Å². The number of hydrogen-bond donors (Lipinski definition) is 0. The van der Waals surface area contributed by atoms with Crippen LogP contribution in [-0.4, -0.2) is 43.6 Å². The highest BCUT2D eigenvalue weighted by molar-refractivity contribution is 5.80. The van der Waals surface area contributed by atoms with Gasteiger partial charge in [-0.05, 0) is 50.0 Å². The van der Waals surface area contributed by atoms with Crippen molar-refractivity contribution >= 4 is 5.91 Å². The van der Waals surface area contributed by atoms with Gasteiger partial charge in [0.15, 0.2) is 0 Å². The molecule has 0 saturated carbocycles. The first-order valence-corrected chi connectivity index (χ1v) is 9.09. The molecule has 2 atom stereocenters. The number of alkyl halides is 3. The lowest BCUT2D eigenvalue weighted by molar-refractivity contribution is -0.139. The smallest absolute Gasteiger partial charge is 0.338 e. The van der Waals surface area contributed by atoms with Crippen molar-refractivity contribution in [3.8, 4) is 11.4 Å². The van der Waals surface area contributed by atoms with Crippen LogP contribution < -0.4 is 0 Å². The molecule has 0 aliphatic carbocycles. The van der Waals surface area contributed by atoms with E-state index in [1.807, 2.05) is 4.90 Å². The molecule has 0 spiro atoms. The van der Waals surface area contributed by atoms with Gasteiger partial charge in [-0.25, -0.2) is 0 Å². The molecule has 2 aromatic rings. The normalized spacial score (nSPS) is 19.1. The summed E-state index contributed by atoms with van der Waals surface area (Å²) < 4.78 is 38.7. The van der Waals surface area contributed by atoms with E-state index in [2.05, 4.69) is 22.3 Å². The first-order valence-electron chi connectivity index (χ1n) is 9.09. The second-order valence-electron chi connectivity index (χ2n) is 6.78. The average molecular weight is 381 g/mol. The van der Waals surface area contributed by atoms with Crippen molar-refractivity contribution in [3.05, 3.63) is 29.8 Å². The Morgan fingerprint density at radius 1 is 1.33 bits per heavy atom. The highest BCUT2D eigenvalue weighted by atomic mass is 19.4. The quantitative estimate of drug-likeness (QED) is 0.810. The minimum Gasteiger partial charge on any atom is -0.338 e. The zero-order valence-electron chi connectivity index (χ0n) is 15.3. The van der Waals surface area contributed by atoms with E-state index in [1.54, 1.807) is 6.92 Å². The molecule has 0 radical (unpaired) electrons. The second-order valence-corrected chi connectivity index (χ2v) is 6.78. The number of likely N-dealkylation sites (tertiary alicyclic amines) is 1. The van der Waals surface area contributed by atoms with Crippen molar-refractivity contribution in [2.24, 2.45) is 0 Å². The Kier molecular flexibility index (Phi) is 5.48. The van der Waals surface area contributed by atoms with Crippen molar-refractivity contribution in [2.45, 2.75) is 57.8 Å². The maximum absolute atomic E-state index is 12.9. The summed E-state index contributed by atoms with van der Waals surface area (Å²) in [6.07, 6.45) is -0.500. The number of carbonyl (C=O) groups is 1. The number of rotatable bonds is 4. The third kappa shape index (κ3) is 4.12. The molecular weight excluding hydrogens is 359 g/mol. The summed E-state index contributed by atoms with van der Waals surface area (Å²) >= 11 is 0. The summed E-state index contributed by atoms with van der Waals surface area (Å²) in [7, 11) is 0. The molecule has 1 fully saturated rings. The summed E-state index contributed by atoms with van der Waals surface area (Å²) in [6.45, 7) is 4.44. The van der Waals surface area contributed by atoms with Gasteiger partial charge in [0.1, 0.15) is 6.04 Å². The minimum absolute atomic E-state index is 0.0615. The van der Waals surface area contributed by atoms with Crippen molar-refractivity contribution in [1.29, 1.82) is 0 Å². The Labute approximate surface area is 155 Å². The number of piperidine rings is 1. The number of amides is 1. The Hall–Kier alpha value is -2.45. The number of halogens is 3. The molecule has 146 valence electrons. The van der Waals surface area contributed by atoms with Crippen LogP contribution in [-0.2, 0) is 11.0 Å². The highest BCUT2D eigenvalue weighted by Gasteiger charge is 2.32. The number of benzene rings is 1. The zero-order chi connectivity index (χ0) is 19.6. The van der Waals surface area contributed by atoms with Gasteiger partial charge in [0.2, 0.25) is 11.7 Å². The summed E-state index contributed by atoms with van der Waals surface area (Å²) in [4.78, 5) is 15.9. The summed E-state index contributed by atoms with van der Waals surface area (Å²) in [5, 5.41) is 11.9. The van der Waals surface area contributed by atoms with Crippen LogP contribution in [0.3, 0.4) is 0 Å². The lowest BCUT2D eigenvalue weighted by atomic mass is 9.99. The van der Waals surface area contributed by atoms with Gasteiger partial charge in [0.25, 0.3) is 0 Å². The minimum atomic E-state index is -4.45. The fourth-order valence-corrected chi connectivity index (χ4v) is 3.39. The number of nitrogens with zero attached hydrogens (tertiary/aromatic N) is 5. The molecule has 1 amide bonds. The molecule has 9 heteroatoms. The van der Waals surface area contributed by atoms with Gasteiger partial charge < -0.3 is 4.90 Å². The Morgan fingerprint density at radius 2 is 2.11 bits per heavy atom. The molecule has 0 N–H and O–H groups in total. The predicted molar refractivity (Wildman–Crippen MR) is 92.6 cm³/mol. The molecule has 2 heterocycles. The molecule has 1 saturated heterocycles. The second kappa shape index (κ2) is 7.66. The van der Waals surface area contributed by atoms with Crippen LogP contribution >= 0.6 is 0 Å². The molecule has 1 aliphatic heterocycles. The van der Waals surface area contributed by atoms with Crippen LogP contribution in [0.2, 0.25) is 0 Å². The summed E-state index contributed by atoms with van der Waals surface area (Å²) in [5.41, 5.74) is -0.570. The van der Waals surface area contributed by atoms with E-state index in [-0.39, 0.29) is 23.3 Å². The Balaban J connectivity index is 1.80. The van der Waals surface area contributed by atoms with E-state index in [4.69, 9.17) is 0 Å². The van der Waals surface area contributed by atoms with E-state index in [1.165, 1.54) is 16.9 Å². The average Bonchev–Trinajstić information content (AvgIpc) is 3.16. The lowest BCUT2D eigenvalue weighted by Gasteiger charge is -2.36. The van der Waals surface area contributed by atoms with E-state index in [0.29, 0.717) is 6.54 Å². The van der Waals surface area contributed by atoms with Gasteiger partial charge >= 0.3 is 6.18 Å². The van der Waals surface area contributed by atoms with Crippen molar-refractivity contribution in [3.63, 3.8) is 0 Å². The van der Waals surface area contributed by atoms with E-state index >= 15 is 0 Å². The number of carbonyl (C=O) groups excluding carboxylic acids is 1. The van der Waals surface area contributed by atoms with Gasteiger partial charge in [0.05, 0.1) is 5.56 Å². The van der Waals surface area contributed by atoms with Crippen LogP contribution in [0.15, 0.2) is 24.3 Å². The topological polar surface area (TPSA) is 63.9 Å². The van der Waals surface area contributed by atoms with Crippen LogP contribution in [0.1, 0.15) is 51.1 Å². The van der Waals surface area contributed by atoms with Gasteiger partial charge in [-0.3, -0.25) is 4.79 Å². The molecule has 27 heavy (non-hydrogen) atoms. The molecule has 1 aliphatic rings. The fraction of sp³-hybridized carbons (Fsp3) is 0.556. The van der Waals surface area contributed by atoms with E-state index in [9.17, 15) is 18.0 Å². The monoisotopic (exact) mass is 381 g/mol. The maximum Gasteiger partial charge on any atom is 0.416 e. The summed E-state index contributed by atoms with van der Waals surface area (Å²) in [6, 6.07) is 4.30. The SMILES string of the molecule is CCC1CCCCN1C(=O)C(C)n1nnc(-c2cccc(C(F)(F)F)c2)n1. The highest BCUT2D eigenvalue weighted by Crippen LogP contribution is 2.31. The number of tetrazole rings is 1. The third-order valence-electron chi connectivity index (χ3n) is 4.96. The molecule has 6 nitrogen and oxygen atoms in total. The van der Waals surface area contributed by atoms with Crippen molar-refractivity contribution < 1.29 is 18.0 Å². The zero-order valence-corrected chi connectivity index (χ0v) is 15.3. The molecular formula is C18H22F3N5O. The molecule has 1 aromatic heterocycles. The van der Waals surface area contributed by atoms with Crippen LogP contribution in [0.4, 0.5) is 13.2 Å². The van der Waals surface area contributed by atoms with Gasteiger partial charge in [-0.1, -0.05) is 19.1 Å². The number of hydrogen-bond acceptors (Lipinski definition) is 4. The number of aromatic nitrogens is 4. The molecule has 0 bridgehead atoms. The van der Waals surface area contributed by atoms with Gasteiger partial charge in [-0.15, -0.1) is 10.2 Å². The fourth-order valence-electron chi connectivity index (χ4n) is 3.39. The summed E-state index contributed by atoms with van der Waals surface area (Å²) in [5.74, 6) is -0.0269. The largest absolute Gasteiger partial charge is 0.416 e. The van der Waals surface area contributed by atoms with Crippen molar-refractivity contribution in [1.82, 2.24) is 25.1 Å². The van der Waals surface area contributed by atoms with Gasteiger partial charge in [0, 0.05) is 18.2 Å². The Bertz CT molecular complexity index is 804. The van der Waals surface area contributed by atoms with E-state index < -0.39 is 17.8 Å². The third-order valence-corrected chi connectivity index (χ3v) is 4.96. The molecule has 2 unspecified atom stereocenters. The Morgan fingerprint density at radius 3 is 2.81 bits per heavy atom. The standard InChI is InChI=1S/C18H22F3N5O/c1-3-15-9-4-5-10-25(15)17(27)12(2)26-23-16(22-24-26)13-7-6-8-14(11-13)18(19,20)21/h6-8,11-12,15H,3-5,9-10H2,1-2H3. The predicted octanol–water partition coefficient (Wildman–Crippen LogP) is 3.71. The van der Waals surface area contributed by atoms with Crippen molar-refractivity contribution in [2.75, 3.05) is 6.54 Å². The van der Waals surface area contributed by atoms with Crippen LogP contribution in [0.5, 0.6) is 0 Å². The van der Waals surface area contributed by atoms with Crippen LogP contribution in [0.25, 0.3) is 11.4 Å². The first kappa shape index (κ1) is 19.3.